The number of hydrogen-bond acceptors (Lipinski definition) is 5. The Balaban J connectivity index is 1.61. The molecular formula is C14H25N3O5S. The minimum Gasteiger partial charge on any atom is -0.378 e. The summed E-state index contributed by atoms with van der Waals surface area (Å²) in [6.07, 6.45) is 1.93. The van der Waals surface area contributed by atoms with Crippen LogP contribution in [0.4, 0.5) is 4.79 Å². The van der Waals surface area contributed by atoms with Crippen LogP contribution in [0.25, 0.3) is 0 Å². The molecule has 0 unspecified atom stereocenters. The highest BCUT2D eigenvalue weighted by molar-refractivity contribution is 7.88. The smallest absolute Gasteiger partial charge is 0.320 e. The maximum Gasteiger partial charge on any atom is 0.320 e. The first-order valence-electron chi connectivity index (χ1n) is 8.13. The Morgan fingerprint density at radius 1 is 1.00 bits per heavy atom. The standard InChI is InChI=1S/C14H25N3O5S/c1-23(19,20)17-6-9-22-13-11-16(3-2-12(13)10-17)14(18)15-4-7-21-8-5-15/h12-13H,2-11H2,1H3/t12-,13-/m1/s1. The highest BCUT2D eigenvalue weighted by Crippen LogP contribution is 2.25. The van der Waals surface area contributed by atoms with E-state index in [-0.39, 0.29) is 18.1 Å². The molecule has 0 N–H and O–H groups in total. The number of rotatable bonds is 1. The molecule has 0 aliphatic carbocycles. The van der Waals surface area contributed by atoms with E-state index in [1.54, 1.807) is 0 Å². The van der Waals surface area contributed by atoms with Crippen molar-refractivity contribution in [1.82, 2.24) is 14.1 Å². The van der Waals surface area contributed by atoms with Crippen LogP contribution in [0.2, 0.25) is 0 Å². The van der Waals surface area contributed by atoms with E-state index in [2.05, 4.69) is 0 Å². The molecule has 2 atom stereocenters. The summed E-state index contributed by atoms with van der Waals surface area (Å²) in [5, 5.41) is 0. The van der Waals surface area contributed by atoms with Gasteiger partial charge in [-0.15, -0.1) is 0 Å². The molecule has 132 valence electrons. The molecule has 0 aromatic rings. The molecule has 0 aromatic carbocycles. The van der Waals surface area contributed by atoms with Crippen LogP contribution in [0, 0.1) is 5.92 Å². The molecule has 23 heavy (non-hydrogen) atoms. The van der Waals surface area contributed by atoms with Crippen LogP contribution in [0.5, 0.6) is 0 Å². The van der Waals surface area contributed by atoms with E-state index in [9.17, 15) is 13.2 Å². The molecule has 8 nitrogen and oxygen atoms in total. The molecule has 0 bridgehead atoms. The van der Waals surface area contributed by atoms with Gasteiger partial charge in [0.25, 0.3) is 0 Å². The molecular weight excluding hydrogens is 322 g/mol. The van der Waals surface area contributed by atoms with Crippen molar-refractivity contribution >= 4 is 16.1 Å². The zero-order valence-corrected chi connectivity index (χ0v) is 14.3. The number of nitrogens with zero attached hydrogens (tertiary/aromatic N) is 3. The van der Waals surface area contributed by atoms with Gasteiger partial charge < -0.3 is 19.3 Å². The van der Waals surface area contributed by atoms with Gasteiger partial charge in [0.15, 0.2) is 0 Å². The van der Waals surface area contributed by atoms with E-state index in [0.29, 0.717) is 59.1 Å². The summed E-state index contributed by atoms with van der Waals surface area (Å²) in [5.74, 6) is 0.154. The van der Waals surface area contributed by atoms with Crippen molar-refractivity contribution in [3.63, 3.8) is 0 Å². The molecule has 3 aliphatic rings. The average molecular weight is 347 g/mol. The summed E-state index contributed by atoms with van der Waals surface area (Å²) in [4.78, 5) is 16.2. The van der Waals surface area contributed by atoms with E-state index < -0.39 is 10.0 Å². The second-order valence-electron chi connectivity index (χ2n) is 6.41. The number of likely N-dealkylation sites (tertiary alicyclic amines) is 1. The summed E-state index contributed by atoms with van der Waals surface area (Å²) in [7, 11) is -3.20. The number of ether oxygens (including phenoxy) is 2. The number of fused-ring (bicyclic) bond motifs is 1. The molecule has 0 aromatic heterocycles. The lowest BCUT2D eigenvalue weighted by molar-refractivity contribution is -0.0201. The third kappa shape index (κ3) is 3.96. The number of urea groups is 1. The van der Waals surface area contributed by atoms with Crippen molar-refractivity contribution in [3.8, 4) is 0 Å². The summed E-state index contributed by atoms with van der Waals surface area (Å²) in [6.45, 7) is 4.89. The normalized spacial score (nSPS) is 30.7. The van der Waals surface area contributed by atoms with Crippen LogP contribution in [-0.2, 0) is 19.5 Å². The van der Waals surface area contributed by atoms with Crippen molar-refractivity contribution in [3.05, 3.63) is 0 Å². The SMILES string of the molecule is CS(=O)(=O)N1CCO[C@@H]2CN(C(=O)N3CCOCC3)CC[C@@H]2C1. The predicted octanol–water partition coefficient (Wildman–Crippen LogP) is -0.579. The third-order valence-electron chi connectivity index (χ3n) is 4.83. The van der Waals surface area contributed by atoms with Gasteiger partial charge in [-0.3, -0.25) is 0 Å². The third-order valence-corrected chi connectivity index (χ3v) is 6.10. The Hall–Kier alpha value is -0.900. The molecule has 2 amide bonds. The average Bonchev–Trinajstić information content (AvgIpc) is 2.76. The number of morpholine rings is 1. The Morgan fingerprint density at radius 2 is 1.74 bits per heavy atom. The second-order valence-corrected chi connectivity index (χ2v) is 8.39. The van der Waals surface area contributed by atoms with Gasteiger partial charge in [-0.2, -0.15) is 4.31 Å². The van der Waals surface area contributed by atoms with E-state index in [1.165, 1.54) is 10.6 Å². The second kappa shape index (κ2) is 6.92. The molecule has 3 heterocycles. The molecule has 3 saturated heterocycles. The lowest BCUT2D eigenvalue weighted by atomic mass is 9.94. The molecule has 0 spiro atoms. The minimum absolute atomic E-state index is 0.0413. The van der Waals surface area contributed by atoms with Crippen LogP contribution in [0.15, 0.2) is 0 Å². The van der Waals surface area contributed by atoms with Gasteiger partial charge in [0.05, 0.1) is 32.2 Å². The zero-order valence-electron chi connectivity index (χ0n) is 13.5. The lowest BCUT2D eigenvalue weighted by Gasteiger charge is -2.40. The summed E-state index contributed by atoms with van der Waals surface area (Å²) in [5.41, 5.74) is 0. The first-order chi connectivity index (χ1) is 10.9. The molecule has 3 rings (SSSR count). The molecule has 9 heteroatoms. The van der Waals surface area contributed by atoms with Crippen molar-refractivity contribution < 1.29 is 22.7 Å². The Kier molecular flexibility index (Phi) is 5.10. The number of carbonyl (C=O) groups excluding carboxylic acids is 1. The molecule has 0 saturated carbocycles. The lowest BCUT2D eigenvalue weighted by Crippen LogP contribution is -2.54. The van der Waals surface area contributed by atoms with Gasteiger partial charge in [-0.1, -0.05) is 0 Å². The minimum atomic E-state index is -3.20. The maximum absolute atomic E-state index is 12.6. The predicted molar refractivity (Wildman–Crippen MR) is 83.6 cm³/mol. The fourth-order valence-corrected chi connectivity index (χ4v) is 4.32. The van der Waals surface area contributed by atoms with E-state index in [0.717, 1.165) is 6.42 Å². The Labute approximate surface area is 137 Å². The van der Waals surface area contributed by atoms with Gasteiger partial charge in [-0.05, 0) is 6.42 Å². The first kappa shape index (κ1) is 16.9. The quantitative estimate of drug-likeness (QED) is 0.634. The maximum atomic E-state index is 12.6. The Bertz CT molecular complexity index is 535. The highest BCUT2D eigenvalue weighted by atomic mass is 32.2. The van der Waals surface area contributed by atoms with Crippen LogP contribution >= 0.6 is 0 Å². The van der Waals surface area contributed by atoms with E-state index in [1.807, 2.05) is 9.80 Å². The largest absolute Gasteiger partial charge is 0.378 e. The van der Waals surface area contributed by atoms with Gasteiger partial charge in [-0.25, -0.2) is 13.2 Å². The van der Waals surface area contributed by atoms with Crippen molar-refractivity contribution in [2.24, 2.45) is 5.92 Å². The van der Waals surface area contributed by atoms with Gasteiger partial charge in [0.1, 0.15) is 0 Å². The molecule has 0 radical (unpaired) electrons. The van der Waals surface area contributed by atoms with Crippen molar-refractivity contribution in [1.29, 1.82) is 0 Å². The van der Waals surface area contributed by atoms with Gasteiger partial charge >= 0.3 is 6.03 Å². The summed E-state index contributed by atoms with van der Waals surface area (Å²) < 4.78 is 36.2. The van der Waals surface area contributed by atoms with Crippen molar-refractivity contribution in [2.75, 3.05) is 65.3 Å². The van der Waals surface area contributed by atoms with Gasteiger partial charge in [0, 0.05) is 45.2 Å². The molecule has 3 fully saturated rings. The van der Waals surface area contributed by atoms with Crippen LogP contribution in [-0.4, -0.2) is 100 Å². The number of piperidine rings is 1. The molecule has 3 aliphatic heterocycles. The fourth-order valence-electron chi connectivity index (χ4n) is 3.45. The zero-order chi connectivity index (χ0) is 16.4. The monoisotopic (exact) mass is 347 g/mol. The highest BCUT2D eigenvalue weighted by Gasteiger charge is 2.38. The number of carbonyl (C=O) groups is 1. The number of sulfonamides is 1. The van der Waals surface area contributed by atoms with Gasteiger partial charge in [0.2, 0.25) is 10.0 Å². The summed E-state index contributed by atoms with van der Waals surface area (Å²) >= 11 is 0. The van der Waals surface area contributed by atoms with Crippen molar-refractivity contribution in [2.45, 2.75) is 12.5 Å². The Morgan fingerprint density at radius 3 is 2.43 bits per heavy atom. The van der Waals surface area contributed by atoms with E-state index in [4.69, 9.17) is 9.47 Å². The number of amides is 2. The van der Waals surface area contributed by atoms with Crippen LogP contribution in [0.3, 0.4) is 0 Å². The van der Waals surface area contributed by atoms with Crippen LogP contribution in [0.1, 0.15) is 6.42 Å². The topological polar surface area (TPSA) is 79.4 Å². The fraction of sp³-hybridized carbons (Fsp3) is 0.929. The van der Waals surface area contributed by atoms with Crippen LogP contribution < -0.4 is 0 Å². The summed E-state index contributed by atoms with van der Waals surface area (Å²) in [6, 6.07) is 0.0413. The number of hydrogen-bond donors (Lipinski definition) is 0. The first-order valence-corrected chi connectivity index (χ1v) is 9.98. The van der Waals surface area contributed by atoms with E-state index >= 15 is 0 Å².